The quantitative estimate of drug-likeness (QED) is 0.614. The molecule has 0 bridgehead atoms. The molecule has 0 spiro atoms. The maximum Gasteiger partial charge on any atom is 0.174 e. The standard InChI is InChI=1S/C5H9N3O2/c1-10-5(2-9)8-4-6-3-7-8/h3-5,9H,2H2,1H3. The van der Waals surface area contributed by atoms with Gasteiger partial charge < -0.3 is 9.84 Å². The van der Waals surface area contributed by atoms with Gasteiger partial charge in [0.05, 0.1) is 6.61 Å². The Bertz CT molecular complexity index is 171. The van der Waals surface area contributed by atoms with Crippen molar-refractivity contribution in [2.75, 3.05) is 13.7 Å². The van der Waals surface area contributed by atoms with Gasteiger partial charge in [-0.3, -0.25) is 0 Å². The number of aliphatic hydroxyl groups is 1. The molecule has 1 aromatic heterocycles. The van der Waals surface area contributed by atoms with Crippen LogP contribution in [0, 0.1) is 0 Å². The molecule has 0 aromatic carbocycles. The lowest BCUT2D eigenvalue weighted by Gasteiger charge is -2.10. The summed E-state index contributed by atoms with van der Waals surface area (Å²) in [5.74, 6) is 0. The van der Waals surface area contributed by atoms with E-state index in [-0.39, 0.29) is 6.61 Å². The predicted molar refractivity (Wildman–Crippen MR) is 33.2 cm³/mol. The molecule has 0 aliphatic rings. The van der Waals surface area contributed by atoms with Crippen LogP contribution in [0.25, 0.3) is 0 Å². The van der Waals surface area contributed by atoms with Crippen molar-refractivity contribution in [3.63, 3.8) is 0 Å². The molecule has 56 valence electrons. The lowest BCUT2D eigenvalue weighted by molar-refractivity contribution is -0.0112. The van der Waals surface area contributed by atoms with Gasteiger partial charge in [0.1, 0.15) is 12.7 Å². The van der Waals surface area contributed by atoms with Crippen molar-refractivity contribution in [3.05, 3.63) is 12.7 Å². The van der Waals surface area contributed by atoms with E-state index >= 15 is 0 Å². The molecule has 1 atom stereocenters. The van der Waals surface area contributed by atoms with Crippen LogP contribution in [0.1, 0.15) is 6.23 Å². The molecule has 0 radical (unpaired) electrons. The molecule has 1 unspecified atom stereocenters. The highest BCUT2D eigenvalue weighted by molar-refractivity contribution is 4.59. The molecule has 0 amide bonds. The van der Waals surface area contributed by atoms with Gasteiger partial charge in [-0.25, -0.2) is 9.67 Å². The van der Waals surface area contributed by atoms with E-state index < -0.39 is 6.23 Å². The lowest BCUT2D eigenvalue weighted by Crippen LogP contribution is -2.15. The summed E-state index contributed by atoms with van der Waals surface area (Å²) >= 11 is 0. The number of hydrogen-bond donors (Lipinski definition) is 1. The molecule has 0 saturated carbocycles. The minimum absolute atomic E-state index is 0.0974. The van der Waals surface area contributed by atoms with Crippen molar-refractivity contribution in [2.45, 2.75) is 6.23 Å². The molecule has 1 N–H and O–H groups in total. The second kappa shape index (κ2) is 3.28. The SMILES string of the molecule is COC(CO)n1cncn1. The lowest BCUT2D eigenvalue weighted by atomic mass is 10.6. The Balaban J connectivity index is 2.64. The normalized spacial score (nSPS) is 13.4. The van der Waals surface area contributed by atoms with Crippen molar-refractivity contribution in [1.82, 2.24) is 14.8 Å². The van der Waals surface area contributed by atoms with E-state index in [1.54, 1.807) is 0 Å². The first-order valence-corrected chi connectivity index (χ1v) is 2.86. The Labute approximate surface area is 58.3 Å². The number of nitrogens with zero attached hydrogens (tertiary/aromatic N) is 3. The third kappa shape index (κ3) is 1.31. The van der Waals surface area contributed by atoms with E-state index in [1.807, 2.05) is 0 Å². The Morgan fingerprint density at radius 3 is 3.00 bits per heavy atom. The zero-order chi connectivity index (χ0) is 7.40. The molecule has 1 rings (SSSR count). The Morgan fingerprint density at radius 1 is 1.80 bits per heavy atom. The van der Waals surface area contributed by atoms with Gasteiger partial charge in [0.2, 0.25) is 0 Å². The fraction of sp³-hybridized carbons (Fsp3) is 0.600. The van der Waals surface area contributed by atoms with E-state index in [0.717, 1.165) is 0 Å². The van der Waals surface area contributed by atoms with E-state index in [0.29, 0.717) is 0 Å². The van der Waals surface area contributed by atoms with Gasteiger partial charge in [-0.1, -0.05) is 0 Å². The van der Waals surface area contributed by atoms with E-state index in [4.69, 9.17) is 9.84 Å². The molecule has 5 nitrogen and oxygen atoms in total. The number of hydrogen-bond acceptors (Lipinski definition) is 4. The maximum atomic E-state index is 8.68. The zero-order valence-corrected chi connectivity index (χ0v) is 5.64. The van der Waals surface area contributed by atoms with Crippen molar-refractivity contribution < 1.29 is 9.84 Å². The summed E-state index contributed by atoms with van der Waals surface area (Å²) < 4.78 is 6.30. The summed E-state index contributed by atoms with van der Waals surface area (Å²) in [6.07, 6.45) is 2.47. The zero-order valence-electron chi connectivity index (χ0n) is 5.64. The Kier molecular flexibility index (Phi) is 2.35. The third-order valence-electron chi connectivity index (χ3n) is 1.16. The van der Waals surface area contributed by atoms with Crippen molar-refractivity contribution in [2.24, 2.45) is 0 Å². The molecule has 1 aromatic rings. The number of ether oxygens (including phenoxy) is 1. The Morgan fingerprint density at radius 2 is 2.60 bits per heavy atom. The number of aromatic nitrogens is 3. The van der Waals surface area contributed by atoms with Crippen LogP contribution in [0.2, 0.25) is 0 Å². The number of rotatable bonds is 3. The smallest absolute Gasteiger partial charge is 0.174 e. The first-order chi connectivity index (χ1) is 4.88. The van der Waals surface area contributed by atoms with Crippen molar-refractivity contribution >= 4 is 0 Å². The van der Waals surface area contributed by atoms with E-state index in [9.17, 15) is 0 Å². The highest BCUT2D eigenvalue weighted by atomic mass is 16.5. The van der Waals surface area contributed by atoms with E-state index in [2.05, 4.69) is 10.1 Å². The van der Waals surface area contributed by atoms with Gasteiger partial charge in [-0.05, 0) is 0 Å². The van der Waals surface area contributed by atoms with Gasteiger partial charge in [-0.15, -0.1) is 0 Å². The van der Waals surface area contributed by atoms with Gasteiger partial charge in [-0.2, -0.15) is 5.10 Å². The van der Waals surface area contributed by atoms with Crippen LogP contribution >= 0.6 is 0 Å². The third-order valence-corrected chi connectivity index (χ3v) is 1.16. The first kappa shape index (κ1) is 7.17. The summed E-state index contributed by atoms with van der Waals surface area (Å²) in [5.41, 5.74) is 0. The van der Waals surface area contributed by atoms with Crippen LogP contribution in [-0.4, -0.2) is 33.6 Å². The first-order valence-electron chi connectivity index (χ1n) is 2.86. The summed E-state index contributed by atoms with van der Waals surface area (Å²) in [6.45, 7) is -0.0974. The molecule has 0 aliphatic heterocycles. The molecule has 0 saturated heterocycles. The second-order valence-electron chi connectivity index (χ2n) is 1.75. The monoisotopic (exact) mass is 143 g/mol. The van der Waals surface area contributed by atoms with Crippen molar-refractivity contribution in [1.29, 1.82) is 0 Å². The van der Waals surface area contributed by atoms with Crippen LogP contribution in [0.3, 0.4) is 0 Å². The summed E-state index contributed by atoms with van der Waals surface area (Å²) in [6, 6.07) is 0. The molecule has 1 heterocycles. The molecular formula is C5H9N3O2. The van der Waals surface area contributed by atoms with Gasteiger partial charge in [0, 0.05) is 7.11 Å². The fourth-order valence-corrected chi connectivity index (χ4v) is 0.632. The van der Waals surface area contributed by atoms with Crippen LogP contribution in [0.5, 0.6) is 0 Å². The van der Waals surface area contributed by atoms with Crippen LogP contribution in [0.4, 0.5) is 0 Å². The topological polar surface area (TPSA) is 60.2 Å². The van der Waals surface area contributed by atoms with Crippen LogP contribution in [-0.2, 0) is 4.74 Å². The van der Waals surface area contributed by atoms with Crippen LogP contribution < -0.4 is 0 Å². The minimum Gasteiger partial charge on any atom is -0.392 e. The van der Waals surface area contributed by atoms with E-state index in [1.165, 1.54) is 24.4 Å². The van der Waals surface area contributed by atoms with Gasteiger partial charge >= 0.3 is 0 Å². The molecule has 0 fully saturated rings. The highest BCUT2D eigenvalue weighted by Gasteiger charge is 2.06. The summed E-state index contributed by atoms with van der Waals surface area (Å²) in [5, 5.41) is 12.5. The largest absolute Gasteiger partial charge is 0.392 e. The molecule has 10 heavy (non-hydrogen) atoms. The van der Waals surface area contributed by atoms with Gasteiger partial charge in [0.25, 0.3) is 0 Å². The summed E-state index contributed by atoms with van der Waals surface area (Å²) in [7, 11) is 1.50. The Hall–Kier alpha value is -0.940. The predicted octanol–water partition coefficient (Wildman–Crippen LogP) is -0.585. The molecule has 0 aliphatic carbocycles. The maximum absolute atomic E-state index is 8.68. The fourth-order valence-electron chi connectivity index (χ4n) is 0.632. The summed E-state index contributed by atoms with van der Waals surface area (Å²) in [4.78, 5) is 3.70. The average Bonchev–Trinajstić information content (AvgIpc) is 2.43. The number of methoxy groups -OCH3 is 1. The average molecular weight is 143 g/mol. The molecular weight excluding hydrogens is 134 g/mol. The van der Waals surface area contributed by atoms with Gasteiger partial charge in [0.15, 0.2) is 6.23 Å². The van der Waals surface area contributed by atoms with Crippen molar-refractivity contribution in [3.8, 4) is 0 Å². The minimum atomic E-state index is -0.414. The van der Waals surface area contributed by atoms with Crippen LogP contribution in [0.15, 0.2) is 12.7 Å². The number of aliphatic hydroxyl groups excluding tert-OH is 1. The second-order valence-corrected chi connectivity index (χ2v) is 1.75. The highest BCUT2D eigenvalue weighted by Crippen LogP contribution is 2.00. The molecule has 5 heteroatoms.